The molecule has 0 unspecified atom stereocenters. The molecule has 2 nitrogen and oxygen atoms in total. The first-order chi connectivity index (χ1) is 6.70. The Kier molecular flexibility index (Phi) is 4.52. The lowest BCUT2D eigenvalue weighted by Gasteiger charge is -2.03. The predicted octanol–water partition coefficient (Wildman–Crippen LogP) is 2.77. The van der Waals surface area contributed by atoms with Gasteiger partial charge in [0.15, 0.2) is 0 Å². The van der Waals surface area contributed by atoms with Crippen molar-refractivity contribution < 1.29 is 0 Å². The monoisotopic (exact) mass is 212 g/mol. The van der Waals surface area contributed by atoms with E-state index >= 15 is 0 Å². The minimum atomic E-state index is 0.972. The number of hydrogen-bond donors (Lipinski definition) is 1. The second-order valence-electron chi connectivity index (χ2n) is 3.66. The summed E-state index contributed by atoms with van der Waals surface area (Å²) in [6.07, 6.45) is 3.43. The molecule has 0 aliphatic rings. The molecule has 1 aromatic heterocycles. The van der Waals surface area contributed by atoms with Gasteiger partial charge in [-0.3, -0.25) is 4.68 Å². The highest BCUT2D eigenvalue weighted by molar-refractivity contribution is 7.80. The van der Waals surface area contributed by atoms with Gasteiger partial charge in [0.1, 0.15) is 0 Å². The Hall–Kier alpha value is -0.440. The lowest BCUT2D eigenvalue weighted by atomic mass is 10.1. The first kappa shape index (κ1) is 11.6. The molecule has 0 saturated carbocycles. The molecule has 0 aromatic carbocycles. The van der Waals surface area contributed by atoms with E-state index in [1.807, 2.05) is 0 Å². The average molecular weight is 212 g/mol. The summed E-state index contributed by atoms with van der Waals surface area (Å²) in [5, 5.41) is 4.54. The van der Waals surface area contributed by atoms with Gasteiger partial charge >= 0.3 is 0 Å². The normalized spacial score (nSPS) is 10.9. The molecule has 0 bridgehead atoms. The van der Waals surface area contributed by atoms with E-state index in [0.717, 1.165) is 18.7 Å². The molecule has 0 aliphatic heterocycles. The fraction of sp³-hybridized carbons (Fsp3) is 0.727. The van der Waals surface area contributed by atoms with Gasteiger partial charge in [-0.1, -0.05) is 6.92 Å². The molecule has 0 amide bonds. The molecule has 1 heterocycles. The van der Waals surface area contributed by atoms with Gasteiger partial charge in [0.2, 0.25) is 0 Å². The van der Waals surface area contributed by atoms with Crippen LogP contribution in [0.15, 0.2) is 0 Å². The van der Waals surface area contributed by atoms with E-state index in [0.29, 0.717) is 0 Å². The highest BCUT2D eigenvalue weighted by Crippen LogP contribution is 2.14. The number of nitrogens with zero attached hydrogens (tertiary/aromatic N) is 2. The van der Waals surface area contributed by atoms with Crippen LogP contribution in [0.5, 0.6) is 0 Å². The number of rotatable bonds is 5. The van der Waals surface area contributed by atoms with Crippen LogP contribution >= 0.6 is 12.6 Å². The maximum absolute atomic E-state index is 4.54. The Balaban J connectivity index is 2.68. The maximum atomic E-state index is 4.54. The highest BCUT2D eigenvalue weighted by Gasteiger charge is 2.08. The number of aryl methyl sites for hydroxylation is 2. The Bertz CT molecular complexity index is 292. The molecule has 0 spiro atoms. The van der Waals surface area contributed by atoms with Crippen LogP contribution in [-0.4, -0.2) is 15.5 Å². The van der Waals surface area contributed by atoms with Crippen molar-refractivity contribution in [3.05, 3.63) is 17.0 Å². The standard InChI is InChI=1S/C11H20N2S/c1-4-11-9(2)12-13(10(11)3)7-5-6-8-14/h14H,4-8H2,1-3H3. The molecule has 0 radical (unpaired) electrons. The van der Waals surface area contributed by atoms with Gasteiger partial charge in [0.05, 0.1) is 5.69 Å². The Labute approximate surface area is 92.1 Å². The highest BCUT2D eigenvalue weighted by atomic mass is 32.1. The van der Waals surface area contributed by atoms with Crippen molar-refractivity contribution in [3.63, 3.8) is 0 Å². The molecule has 0 N–H and O–H groups in total. The van der Waals surface area contributed by atoms with Gasteiger partial charge in [-0.25, -0.2) is 0 Å². The first-order valence-corrected chi connectivity index (χ1v) is 5.97. The summed E-state index contributed by atoms with van der Waals surface area (Å²) in [5.74, 6) is 0.972. The van der Waals surface area contributed by atoms with E-state index in [2.05, 4.69) is 43.2 Å². The van der Waals surface area contributed by atoms with E-state index in [9.17, 15) is 0 Å². The number of hydrogen-bond acceptors (Lipinski definition) is 2. The van der Waals surface area contributed by atoms with Crippen molar-refractivity contribution in [2.75, 3.05) is 5.75 Å². The second-order valence-corrected chi connectivity index (χ2v) is 4.10. The third-order valence-electron chi connectivity index (χ3n) is 2.66. The number of unbranched alkanes of at least 4 members (excludes halogenated alkanes) is 1. The molecular formula is C11H20N2S. The predicted molar refractivity (Wildman–Crippen MR) is 64.2 cm³/mol. The SMILES string of the molecule is CCc1c(C)nn(CCCCS)c1C. The van der Waals surface area contributed by atoms with E-state index < -0.39 is 0 Å². The van der Waals surface area contributed by atoms with E-state index in [-0.39, 0.29) is 0 Å². The molecule has 0 atom stereocenters. The summed E-state index contributed by atoms with van der Waals surface area (Å²) in [4.78, 5) is 0. The zero-order valence-corrected chi connectivity index (χ0v) is 10.3. The quantitative estimate of drug-likeness (QED) is 0.587. The van der Waals surface area contributed by atoms with Crippen LogP contribution in [0.2, 0.25) is 0 Å². The molecule has 3 heteroatoms. The second kappa shape index (κ2) is 5.44. The zero-order chi connectivity index (χ0) is 10.6. The summed E-state index contributed by atoms with van der Waals surface area (Å²) < 4.78 is 2.14. The minimum Gasteiger partial charge on any atom is -0.269 e. The van der Waals surface area contributed by atoms with Crippen molar-refractivity contribution in [2.45, 2.75) is 46.6 Å². The van der Waals surface area contributed by atoms with Gasteiger partial charge in [0, 0.05) is 12.2 Å². The minimum absolute atomic E-state index is 0.972. The lowest BCUT2D eigenvalue weighted by molar-refractivity contribution is 0.557. The van der Waals surface area contributed by atoms with E-state index in [4.69, 9.17) is 0 Å². The average Bonchev–Trinajstić information content (AvgIpc) is 2.42. The van der Waals surface area contributed by atoms with Crippen LogP contribution < -0.4 is 0 Å². The first-order valence-electron chi connectivity index (χ1n) is 5.34. The van der Waals surface area contributed by atoms with Gasteiger partial charge in [0.25, 0.3) is 0 Å². The Morgan fingerprint density at radius 1 is 1.29 bits per heavy atom. The van der Waals surface area contributed by atoms with Crippen LogP contribution in [0.4, 0.5) is 0 Å². The molecular weight excluding hydrogens is 192 g/mol. The summed E-state index contributed by atoms with van der Waals surface area (Å²) in [5.41, 5.74) is 3.94. The van der Waals surface area contributed by atoms with Crippen molar-refractivity contribution in [1.82, 2.24) is 9.78 Å². The fourth-order valence-corrected chi connectivity index (χ4v) is 2.06. The molecule has 0 aliphatic carbocycles. The van der Waals surface area contributed by atoms with Gasteiger partial charge in [-0.15, -0.1) is 0 Å². The smallest absolute Gasteiger partial charge is 0.0628 e. The number of thiol groups is 1. The van der Waals surface area contributed by atoms with Crippen molar-refractivity contribution in [3.8, 4) is 0 Å². The summed E-state index contributed by atoms with van der Waals surface area (Å²) in [6.45, 7) is 7.49. The third kappa shape index (κ3) is 2.53. The molecule has 0 saturated heterocycles. The van der Waals surface area contributed by atoms with Crippen molar-refractivity contribution in [2.24, 2.45) is 0 Å². The Morgan fingerprint density at radius 2 is 2.00 bits per heavy atom. The third-order valence-corrected chi connectivity index (χ3v) is 2.98. The van der Waals surface area contributed by atoms with E-state index in [1.54, 1.807) is 0 Å². The molecule has 0 fully saturated rings. The van der Waals surface area contributed by atoms with Crippen LogP contribution in [-0.2, 0) is 13.0 Å². The van der Waals surface area contributed by atoms with Crippen LogP contribution in [0.3, 0.4) is 0 Å². The molecule has 14 heavy (non-hydrogen) atoms. The van der Waals surface area contributed by atoms with Crippen LogP contribution in [0, 0.1) is 13.8 Å². The maximum Gasteiger partial charge on any atom is 0.0628 e. The Morgan fingerprint density at radius 3 is 2.50 bits per heavy atom. The lowest BCUT2D eigenvalue weighted by Crippen LogP contribution is -2.03. The summed E-state index contributed by atoms with van der Waals surface area (Å²) >= 11 is 4.21. The van der Waals surface area contributed by atoms with Crippen molar-refractivity contribution >= 4 is 12.6 Å². The number of aromatic nitrogens is 2. The van der Waals surface area contributed by atoms with E-state index in [1.165, 1.54) is 29.8 Å². The van der Waals surface area contributed by atoms with Gasteiger partial charge in [-0.2, -0.15) is 17.7 Å². The topological polar surface area (TPSA) is 17.8 Å². The summed E-state index contributed by atoms with van der Waals surface area (Å²) in [6, 6.07) is 0. The molecule has 1 aromatic rings. The van der Waals surface area contributed by atoms with Crippen LogP contribution in [0.1, 0.15) is 36.7 Å². The van der Waals surface area contributed by atoms with Gasteiger partial charge in [-0.05, 0) is 44.4 Å². The zero-order valence-electron chi connectivity index (χ0n) is 9.38. The summed E-state index contributed by atoms with van der Waals surface area (Å²) in [7, 11) is 0. The van der Waals surface area contributed by atoms with Crippen LogP contribution in [0.25, 0.3) is 0 Å². The largest absolute Gasteiger partial charge is 0.269 e. The van der Waals surface area contributed by atoms with Gasteiger partial charge < -0.3 is 0 Å². The molecule has 80 valence electrons. The fourth-order valence-electron chi connectivity index (χ4n) is 1.84. The molecule has 1 rings (SSSR count). The van der Waals surface area contributed by atoms with Crippen molar-refractivity contribution in [1.29, 1.82) is 0 Å².